The molecular weight excluding hydrogens is 436 g/mol. The lowest BCUT2D eigenvalue weighted by molar-refractivity contribution is -0.132. The van der Waals surface area contributed by atoms with Gasteiger partial charge in [-0.1, -0.05) is 24.3 Å². The number of carbonyl (C=O) groups is 2. The Morgan fingerprint density at radius 3 is 2.44 bits per heavy atom. The number of rotatable bonds is 12. The van der Waals surface area contributed by atoms with Crippen molar-refractivity contribution in [2.24, 2.45) is 0 Å². The molecule has 2 N–H and O–H groups in total. The number of carbonyl (C=O) groups excluding carboxylic acids is 2. The number of methoxy groups -OCH3 is 2. The van der Waals surface area contributed by atoms with E-state index in [9.17, 15) is 14.7 Å². The number of ether oxygens (including phenoxy) is 3. The summed E-state index contributed by atoms with van der Waals surface area (Å²) >= 11 is 0. The van der Waals surface area contributed by atoms with Gasteiger partial charge in [0.2, 0.25) is 0 Å². The topological polar surface area (TPSA) is 97.3 Å². The average molecular weight is 469 g/mol. The highest BCUT2D eigenvalue weighted by molar-refractivity contribution is 6.06. The number of hydrogen-bond acceptors (Lipinski definition) is 6. The Hall–Kier alpha value is -3.52. The maximum absolute atomic E-state index is 13.0. The summed E-state index contributed by atoms with van der Waals surface area (Å²) < 4.78 is 16.2. The third-order valence-corrected chi connectivity index (χ3v) is 5.85. The molecule has 8 nitrogen and oxygen atoms in total. The van der Waals surface area contributed by atoms with Crippen LogP contribution in [0.15, 0.2) is 55.1 Å². The molecule has 1 saturated heterocycles. The number of benzene rings is 2. The molecular formula is C26H32N2O6. The van der Waals surface area contributed by atoms with E-state index >= 15 is 0 Å². The van der Waals surface area contributed by atoms with Crippen LogP contribution in [0.25, 0.3) is 0 Å². The maximum Gasteiger partial charge on any atom is 0.325 e. The van der Waals surface area contributed by atoms with Crippen LogP contribution in [0.1, 0.15) is 24.5 Å². The summed E-state index contributed by atoms with van der Waals surface area (Å²) in [5, 5.41) is 13.2. The maximum atomic E-state index is 13.0. The van der Waals surface area contributed by atoms with Crippen molar-refractivity contribution >= 4 is 11.9 Å². The van der Waals surface area contributed by atoms with Gasteiger partial charge in [0.15, 0.2) is 11.5 Å². The van der Waals surface area contributed by atoms with Crippen molar-refractivity contribution in [3.63, 3.8) is 0 Å². The first-order valence-electron chi connectivity index (χ1n) is 11.2. The molecule has 2 unspecified atom stereocenters. The molecule has 1 heterocycles. The van der Waals surface area contributed by atoms with Crippen LogP contribution in [-0.2, 0) is 17.6 Å². The lowest BCUT2D eigenvalue weighted by atomic mass is 9.93. The molecule has 3 rings (SSSR count). The van der Waals surface area contributed by atoms with Gasteiger partial charge in [-0.15, -0.1) is 6.58 Å². The van der Waals surface area contributed by atoms with Crippen LogP contribution in [0.2, 0.25) is 0 Å². The van der Waals surface area contributed by atoms with Crippen molar-refractivity contribution < 1.29 is 28.9 Å². The Kier molecular flexibility index (Phi) is 8.17. The standard InChI is InChI=1S/C26H32N2O6/c1-5-6-19-9-12-22(23(15-19)33-4)34-17-20(29)16-28-24(30)26(2,27-25(28)31)14-13-18-7-10-21(32-3)11-8-18/h5,7-12,15,20,29H,1,6,13-14,16-17H2,2-4H3,(H,27,31). The van der Waals surface area contributed by atoms with Crippen molar-refractivity contribution in [1.82, 2.24) is 10.2 Å². The average Bonchev–Trinajstić information content (AvgIpc) is 3.05. The zero-order valence-corrected chi connectivity index (χ0v) is 19.9. The summed E-state index contributed by atoms with van der Waals surface area (Å²) in [7, 11) is 3.14. The predicted octanol–water partition coefficient (Wildman–Crippen LogP) is 3.12. The first-order valence-corrected chi connectivity index (χ1v) is 11.2. The van der Waals surface area contributed by atoms with Gasteiger partial charge in [-0.3, -0.25) is 9.69 Å². The van der Waals surface area contributed by atoms with E-state index in [0.717, 1.165) is 21.8 Å². The van der Waals surface area contributed by atoms with Crippen LogP contribution < -0.4 is 19.5 Å². The van der Waals surface area contributed by atoms with Crippen LogP contribution >= 0.6 is 0 Å². The molecule has 1 aliphatic heterocycles. The molecule has 0 aromatic heterocycles. The molecule has 2 atom stereocenters. The van der Waals surface area contributed by atoms with Gasteiger partial charge in [0.1, 0.15) is 24.0 Å². The fraction of sp³-hybridized carbons (Fsp3) is 0.385. The van der Waals surface area contributed by atoms with E-state index in [4.69, 9.17) is 14.2 Å². The van der Waals surface area contributed by atoms with Gasteiger partial charge in [-0.2, -0.15) is 0 Å². The van der Waals surface area contributed by atoms with E-state index in [1.54, 1.807) is 26.2 Å². The molecule has 1 fully saturated rings. The number of aryl methyl sites for hydroxylation is 1. The van der Waals surface area contributed by atoms with Crippen molar-refractivity contribution in [2.75, 3.05) is 27.4 Å². The largest absolute Gasteiger partial charge is 0.497 e. The number of nitrogens with zero attached hydrogens (tertiary/aromatic N) is 1. The van der Waals surface area contributed by atoms with Gasteiger partial charge in [-0.25, -0.2) is 4.79 Å². The molecule has 3 amide bonds. The zero-order chi connectivity index (χ0) is 24.7. The molecule has 0 bridgehead atoms. The number of aliphatic hydroxyl groups excluding tert-OH is 1. The summed E-state index contributed by atoms with van der Waals surface area (Å²) in [5.41, 5.74) is 1.01. The highest BCUT2D eigenvalue weighted by Crippen LogP contribution is 2.29. The number of imide groups is 1. The second-order valence-corrected chi connectivity index (χ2v) is 8.47. The summed E-state index contributed by atoms with van der Waals surface area (Å²) in [5.74, 6) is 1.40. The molecule has 2 aromatic carbocycles. The fourth-order valence-corrected chi connectivity index (χ4v) is 3.84. The van der Waals surface area contributed by atoms with Crippen LogP contribution in [0.4, 0.5) is 4.79 Å². The Labute approximate surface area is 200 Å². The van der Waals surface area contributed by atoms with E-state index in [0.29, 0.717) is 30.8 Å². The molecule has 0 saturated carbocycles. The second kappa shape index (κ2) is 11.1. The molecule has 34 heavy (non-hydrogen) atoms. The minimum Gasteiger partial charge on any atom is -0.497 e. The van der Waals surface area contributed by atoms with Crippen LogP contribution in [-0.4, -0.2) is 61.0 Å². The first-order chi connectivity index (χ1) is 16.3. The van der Waals surface area contributed by atoms with E-state index in [-0.39, 0.29) is 19.1 Å². The van der Waals surface area contributed by atoms with Gasteiger partial charge >= 0.3 is 6.03 Å². The summed E-state index contributed by atoms with van der Waals surface area (Å²) in [6, 6.07) is 12.5. The molecule has 1 aliphatic rings. The minimum atomic E-state index is -1.06. The normalized spacial score (nSPS) is 18.4. The summed E-state index contributed by atoms with van der Waals surface area (Å²) in [6.45, 7) is 5.16. The third-order valence-electron chi connectivity index (χ3n) is 5.85. The van der Waals surface area contributed by atoms with Crippen LogP contribution in [0.5, 0.6) is 17.2 Å². The number of allylic oxidation sites excluding steroid dienone is 1. The quantitative estimate of drug-likeness (QED) is 0.367. The minimum absolute atomic E-state index is 0.100. The highest BCUT2D eigenvalue weighted by Gasteiger charge is 2.47. The number of urea groups is 1. The Morgan fingerprint density at radius 2 is 1.79 bits per heavy atom. The van der Waals surface area contributed by atoms with E-state index in [1.165, 1.54) is 7.11 Å². The number of hydrogen-bond donors (Lipinski definition) is 2. The van der Waals surface area contributed by atoms with Crippen molar-refractivity contribution in [3.8, 4) is 17.2 Å². The van der Waals surface area contributed by atoms with Crippen molar-refractivity contribution in [1.29, 1.82) is 0 Å². The van der Waals surface area contributed by atoms with Gasteiger partial charge < -0.3 is 24.6 Å². The Bertz CT molecular complexity index is 1020. The number of aliphatic hydroxyl groups is 1. The van der Waals surface area contributed by atoms with E-state index in [2.05, 4.69) is 11.9 Å². The molecule has 2 aromatic rings. The second-order valence-electron chi connectivity index (χ2n) is 8.47. The fourth-order valence-electron chi connectivity index (χ4n) is 3.84. The van der Waals surface area contributed by atoms with Gasteiger partial charge in [0, 0.05) is 0 Å². The Morgan fingerprint density at radius 1 is 1.09 bits per heavy atom. The molecule has 8 heteroatoms. The first kappa shape index (κ1) is 25.1. The van der Waals surface area contributed by atoms with Gasteiger partial charge in [0.05, 0.1) is 20.8 Å². The molecule has 0 radical (unpaired) electrons. The molecule has 0 aliphatic carbocycles. The lowest BCUT2D eigenvalue weighted by Gasteiger charge is -2.23. The van der Waals surface area contributed by atoms with Gasteiger partial charge in [-0.05, 0) is 61.6 Å². The SMILES string of the molecule is C=CCc1ccc(OCC(O)CN2C(=O)NC(C)(CCc3ccc(OC)cc3)C2=O)c(OC)c1. The van der Waals surface area contributed by atoms with Crippen LogP contribution in [0, 0.1) is 0 Å². The molecule has 0 spiro atoms. The smallest absolute Gasteiger partial charge is 0.325 e. The lowest BCUT2D eigenvalue weighted by Crippen LogP contribution is -2.45. The summed E-state index contributed by atoms with van der Waals surface area (Å²) in [6.07, 6.45) is 2.47. The number of amides is 3. The monoisotopic (exact) mass is 468 g/mol. The predicted molar refractivity (Wildman–Crippen MR) is 128 cm³/mol. The molecule has 182 valence electrons. The van der Waals surface area contributed by atoms with Crippen molar-refractivity contribution in [2.45, 2.75) is 37.8 Å². The zero-order valence-electron chi connectivity index (χ0n) is 19.9. The number of nitrogens with one attached hydrogen (secondary N) is 1. The van der Waals surface area contributed by atoms with E-state index < -0.39 is 17.7 Å². The number of β-amino-alcohol motifs (C(OH)–C–C–N with tert-alkyl or cyclic N) is 1. The van der Waals surface area contributed by atoms with Crippen LogP contribution in [0.3, 0.4) is 0 Å². The van der Waals surface area contributed by atoms with Crippen molar-refractivity contribution in [3.05, 3.63) is 66.2 Å². The Balaban J connectivity index is 1.56. The van der Waals surface area contributed by atoms with Gasteiger partial charge in [0.25, 0.3) is 5.91 Å². The van der Waals surface area contributed by atoms with E-state index in [1.807, 2.05) is 36.4 Å². The third kappa shape index (κ3) is 5.88. The summed E-state index contributed by atoms with van der Waals surface area (Å²) in [4.78, 5) is 26.6. The highest BCUT2D eigenvalue weighted by atomic mass is 16.5.